The smallest absolute Gasteiger partial charge is 0.0568 e. The maximum absolute atomic E-state index is 6.13. The molecule has 3 N–H and O–H groups in total. The number of hydrogen-bond acceptors (Lipinski definition) is 2. The average Bonchev–Trinajstić information content (AvgIpc) is 2.60. The number of anilines is 1. The van der Waals surface area contributed by atoms with Gasteiger partial charge in [0.15, 0.2) is 0 Å². The standard InChI is InChI=1S/C14H20BrClN2/c1-13(2)5-6-14(8-13,9-17)18-10-3-4-11(15)12(16)7-10/h3-4,7,18H,5-6,8-9,17H2,1-2H3. The molecule has 0 aromatic heterocycles. The number of benzene rings is 1. The fourth-order valence-corrected chi connectivity index (χ4v) is 3.31. The largest absolute Gasteiger partial charge is 0.378 e. The van der Waals surface area contributed by atoms with Gasteiger partial charge in [0.2, 0.25) is 0 Å². The molecule has 1 aliphatic carbocycles. The Morgan fingerprint density at radius 1 is 1.39 bits per heavy atom. The van der Waals surface area contributed by atoms with E-state index in [0.29, 0.717) is 12.0 Å². The molecule has 2 rings (SSSR count). The van der Waals surface area contributed by atoms with E-state index < -0.39 is 0 Å². The van der Waals surface area contributed by atoms with Crippen molar-refractivity contribution in [2.24, 2.45) is 11.1 Å². The molecule has 1 fully saturated rings. The number of halogens is 2. The zero-order valence-corrected chi connectivity index (χ0v) is 13.2. The Bertz CT molecular complexity index is 447. The number of rotatable bonds is 3. The SMILES string of the molecule is CC1(C)CCC(CN)(Nc2ccc(Br)c(Cl)c2)C1. The molecule has 1 atom stereocenters. The van der Waals surface area contributed by atoms with E-state index in [1.54, 1.807) is 0 Å². The highest BCUT2D eigenvalue weighted by molar-refractivity contribution is 9.10. The van der Waals surface area contributed by atoms with Crippen molar-refractivity contribution in [3.05, 3.63) is 27.7 Å². The van der Waals surface area contributed by atoms with Crippen LogP contribution in [0.3, 0.4) is 0 Å². The van der Waals surface area contributed by atoms with Crippen LogP contribution in [0.2, 0.25) is 5.02 Å². The van der Waals surface area contributed by atoms with E-state index in [1.807, 2.05) is 18.2 Å². The summed E-state index contributed by atoms with van der Waals surface area (Å²) < 4.78 is 0.920. The molecular formula is C14H20BrClN2. The van der Waals surface area contributed by atoms with Gasteiger partial charge < -0.3 is 11.1 Å². The summed E-state index contributed by atoms with van der Waals surface area (Å²) in [6.07, 6.45) is 3.43. The molecule has 1 aromatic rings. The normalized spacial score (nSPS) is 26.3. The summed E-state index contributed by atoms with van der Waals surface area (Å²) in [4.78, 5) is 0. The van der Waals surface area contributed by atoms with Crippen LogP contribution in [0.4, 0.5) is 5.69 Å². The first-order valence-electron chi connectivity index (χ1n) is 6.29. The molecule has 0 amide bonds. The summed E-state index contributed by atoms with van der Waals surface area (Å²) in [5.41, 5.74) is 7.43. The molecular weight excluding hydrogens is 312 g/mol. The molecule has 2 nitrogen and oxygen atoms in total. The minimum Gasteiger partial charge on any atom is -0.378 e. The Morgan fingerprint density at radius 2 is 2.11 bits per heavy atom. The lowest BCUT2D eigenvalue weighted by Gasteiger charge is -2.32. The predicted molar refractivity (Wildman–Crippen MR) is 82.2 cm³/mol. The van der Waals surface area contributed by atoms with Gasteiger partial charge in [-0.25, -0.2) is 0 Å². The molecule has 0 radical (unpaired) electrons. The van der Waals surface area contributed by atoms with Crippen LogP contribution < -0.4 is 11.1 Å². The lowest BCUT2D eigenvalue weighted by Crippen LogP contribution is -2.43. The summed E-state index contributed by atoms with van der Waals surface area (Å²) in [6, 6.07) is 5.96. The summed E-state index contributed by atoms with van der Waals surface area (Å²) in [5, 5.41) is 4.32. The second-order valence-electron chi connectivity index (χ2n) is 6.08. The molecule has 0 saturated heterocycles. The molecule has 0 spiro atoms. The van der Waals surface area contributed by atoms with Crippen molar-refractivity contribution < 1.29 is 0 Å². The van der Waals surface area contributed by atoms with E-state index >= 15 is 0 Å². The maximum Gasteiger partial charge on any atom is 0.0568 e. The highest BCUT2D eigenvalue weighted by Crippen LogP contribution is 2.45. The van der Waals surface area contributed by atoms with Crippen molar-refractivity contribution in [2.75, 3.05) is 11.9 Å². The highest BCUT2D eigenvalue weighted by Gasteiger charge is 2.42. The van der Waals surface area contributed by atoms with E-state index in [4.69, 9.17) is 17.3 Å². The van der Waals surface area contributed by atoms with Gasteiger partial charge >= 0.3 is 0 Å². The molecule has 0 aliphatic heterocycles. The van der Waals surface area contributed by atoms with Crippen LogP contribution in [0.5, 0.6) is 0 Å². The van der Waals surface area contributed by atoms with Crippen LogP contribution in [0.25, 0.3) is 0 Å². The average molecular weight is 332 g/mol. The van der Waals surface area contributed by atoms with Crippen LogP contribution in [0.1, 0.15) is 33.1 Å². The van der Waals surface area contributed by atoms with E-state index in [0.717, 1.165) is 28.0 Å². The maximum atomic E-state index is 6.13. The van der Waals surface area contributed by atoms with Crippen LogP contribution in [-0.2, 0) is 0 Å². The summed E-state index contributed by atoms with van der Waals surface area (Å²) >= 11 is 9.53. The van der Waals surface area contributed by atoms with E-state index in [1.165, 1.54) is 6.42 Å². The summed E-state index contributed by atoms with van der Waals surface area (Å²) in [6.45, 7) is 5.27. The van der Waals surface area contributed by atoms with Gasteiger partial charge in [-0.15, -0.1) is 0 Å². The van der Waals surface area contributed by atoms with Crippen molar-refractivity contribution in [3.63, 3.8) is 0 Å². The Morgan fingerprint density at radius 3 is 2.61 bits per heavy atom. The first-order chi connectivity index (χ1) is 8.36. The van der Waals surface area contributed by atoms with E-state index in [2.05, 4.69) is 35.1 Å². The lowest BCUT2D eigenvalue weighted by molar-refractivity contribution is 0.351. The van der Waals surface area contributed by atoms with Crippen LogP contribution in [-0.4, -0.2) is 12.1 Å². The quantitative estimate of drug-likeness (QED) is 0.860. The minimum absolute atomic E-state index is 0.0145. The molecule has 1 aliphatic rings. The Kier molecular flexibility index (Phi) is 3.96. The lowest BCUT2D eigenvalue weighted by atomic mass is 9.87. The molecule has 4 heteroatoms. The molecule has 1 saturated carbocycles. The van der Waals surface area contributed by atoms with Crippen LogP contribution in [0, 0.1) is 5.41 Å². The molecule has 0 bridgehead atoms. The molecule has 0 heterocycles. The Hall–Kier alpha value is -0.250. The Labute approximate surface area is 122 Å². The fourth-order valence-electron chi connectivity index (χ4n) is 2.88. The van der Waals surface area contributed by atoms with Gasteiger partial charge in [0.25, 0.3) is 0 Å². The van der Waals surface area contributed by atoms with Crippen LogP contribution >= 0.6 is 27.5 Å². The minimum atomic E-state index is 0.0145. The van der Waals surface area contributed by atoms with Gasteiger partial charge in [-0.05, 0) is 58.8 Å². The Balaban J connectivity index is 2.18. The second kappa shape index (κ2) is 5.03. The van der Waals surface area contributed by atoms with Crippen molar-refractivity contribution in [1.82, 2.24) is 0 Å². The van der Waals surface area contributed by atoms with Crippen LogP contribution in [0.15, 0.2) is 22.7 Å². The molecule has 18 heavy (non-hydrogen) atoms. The van der Waals surface area contributed by atoms with Gasteiger partial charge in [-0.1, -0.05) is 25.4 Å². The van der Waals surface area contributed by atoms with Crippen molar-refractivity contribution in [1.29, 1.82) is 0 Å². The molecule has 1 unspecified atom stereocenters. The second-order valence-corrected chi connectivity index (χ2v) is 7.34. The monoisotopic (exact) mass is 330 g/mol. The summed E-state index contributed by atoms with van der Waals surface area (Å²) in [5.74, 6) is 0. The third kappa shape index (κ3) is 3.01. The first-order valence-corrected chi connectivity index (χ1v) is 7.46. The molecule has 1 aromatic carbocycles. The van der Waals surface area contributed by atoms with Gasteiger partial charge in [-0.2, -0.15) is 0 Å². The van der Waals surface area contributed by atoms with Crippen molar-refractivity contribution in [2.45, 2.75) is 38.6 Å². The van der Waals surface area contributed by atoms with Gasteiger partial charge in [-0.3, -0.25) is 0 Å². The van der Waals surface area contributed by atoms with E-state index in [-0.39, 0.29) is 5.54 Å². The number of hydrogen-bond donors (Lipinski definition) is 2. The zero-order chi connectivity index (χ0) is 13.4. The summed E-state index contributed by atoms with van der Waals surface area (Å²) in [7, 11) is 0. The fraction of sp³-hybridized carbons (Fsp3) is 0.571. The number of nitrogens with one attached hydrogen (secondary N) is 1. The highest BCUT2D eigenvalue weighted by atomic mass is 79.9. The van der Waals surface area contributed by atoms with Crippen molar-refractivity contribution in [3.8, 4) is 0 Å². The zero-order valence-electron chi connectivity index (χ0n) is 10.9. The molecule has 100 valence electrons. The number of nitrogens with two attached hydrogens (primary N) is 1. The first kappa shape index (κ1) is 14.2. The van der Waals surface area contributed by atoms with Gasteiger partial charge in [0.05, 0.1) is 10.6 Å². The van der Waals surface area contributed by atoms with Gasteiger partial charge in [0, 0.05) is 16.7 Å². The van der Waals surface area contributed by atoms with Crippen molar-refractivity contribution >= 4 is 33.2 Å². The topological polar surface area (TPSA) is 38.0 Å². The third-order valence-corrected chi connectivity index (χ3v) is 5.05. The van der Waals surface area contributed by atoms with E-state index in [9.17, 15) is 0 Å². The predicted octanol–water partition coefficient (Wildman–Crippen LogP) is 4.42. The van der Waals surface area contributed by atoms with Gasteiger partial charge in [0.1, 0.15) is 0 Å². The third-order valence-electron chi connectivity index (χ3n) is 3.82.